The largest absolute Gasteiger partial charge is 0.389 e. The summed E-state index contributed by atoms with van der Waals surface area (Å²) in [5.41, 5.74) is 2.24. The summed E-state index contributed by atoms with van der Waals surface area (Å²) in [6.45, 7) is 15.7. The molecule has 47 heavy (non-hydrogen) atoms. The van der Waals surface area contributed by atoms with Gasteiger partial charge in [0, 0.05) is 6.61 Å². The van der Waals surface area contributed by atoms with E-state index in [2.05, 4.69) is 59.8 Å². The fourth-order valence-corrected chi connectivity index (χ4v) is 11.4. The third-order valence-electron chi connectivity index (χ3n) is 14.3. The van der Waals surface area contributed by atoms with Crippen molar-refractivity contribution in [3.8, 4) is 0 Å². The molecule has 3 saturated carbocycles. The number of unbranched alkanes of at least 4 members (excludes halogenated alkanes) is 12. The highest BCUT2D eigenvalue weighted by Crippen LogP contribution is 2.67. The molecule has 3 fully saturated rings. The number of aliphatic hydroxyl groups is 1. The van der Waals surface area contributed by atoms with Gasteiger partial charge in [0.25, 0.3) is 0 Å². The molecule has 0 aromatic heterocycles. The van der Waals surface area contributed by atoms with Crippen LogP contribution in [0.2, 0.25) is 0 Å². The Kier molecular flexibility index (Phi) is 16.4. The van der Waals surface area contributed by atoms with Gasteiger partial charge in [-0.25, -0.2) is 0 Å². The maximum atomic E-state index is 11.7. The Morgan fingerprint density at radius 3 is 2.11 bits per heavy atom. The van der Waals surface area contributed by atoms with Crippen molar-refractivity contribution in [2.45, 2.75) is 208 Å². The molecule has 0 bridgehead atoms. The number of aliphatic hydroxyl groups excluding tert-OH is 1. The molecule has 0 spiro atoms. The molecule has 0 aliphatic heterocycles. The summed E-state index contributed by atoms with van der Waals surface area (Å²) < 4.78 is 6.51. The van der Waals surface area contributed by atoms with E-state index in [-0.39, 0.29) is 11.5 Å². The normalized spacial score (nSPS) is 34.3. The first kappa shape index (κ1) is 39.2. The van der Waals surface area contributed by atoms with Gasteiger partial charge >= 0.3 is 0 Å². The van der Waals surface area contributed by atoms with Crippen LogP contribution in [0.25, 0.3) is 0 Å². The Morgan fingerprint density at radius 1 is 0.766 bits per heavy atom. The number of allylic oxidation sites excluding steroid dienone is 2. The molecular formula is C45H80O2. The van der Waals surface area contributed by atoms with Gasteiger partial charge in [0.15, 0.2) is 0 Å². The molecule has 1 N–H and O–H groups in total. The third kappa shape index (κ3) is 10.7. The van der Waals surface area contributed by atoms with E-state index in [1.807, 2.05) is 0 Å². The SMILES string of the molecule is CCCCCCCC/C=C/CCCCCCCCO[C@H]1CC[C@@]2(C)C(=C[C@H](O)C3[C@@H]4CC[C@H]([C@H](C)CCCC(C)C)[C@@]4(C)CC[C@@H]32)C1. The summed E-state index contributed by atoms with van der Waals surface area (Å²) in [6, 6.07) is 0. The lowest BCUT2D eigenvalue weighted by molar-refractivity contribution is -0.100. The fraction of sp³-hybridized carbons (Fsp3) is 0.911. The van der Waals surface area contributed by atoms with Crippen LogP contribution in [0, 0.1) is 46.3 Å². The zero-order chi connectivity index (χ0) is 33.7. The maximum Gasteiger partial charge on any atom is 0.0757 e. The van der Waals surface area contributed by atoms with Gasteiger partial charge in [-0.3, -0.25) is 0 Å². The van der Waals surface area contributed by atoms with Gasteiger partial charge in [0.2, 0.25) is 0 Å². The van der Waals surface area contributed by atoms with Crippen LogP contribution in [0.5, 0.6) is 0 Å². The molecule has 4 rings (SSSR count). The summed E-state index contributed by atoms with van der Waals surface area (Å²) in [5, 5.41) is 11.7. The van der Waals surface area contributed by atoms with Crippen molar-refractivity contribution in [3.63, 3.8) is 0 Å². The van der Waals surface area contributed by atoms with Gasteiger partial charge < -0.3 is 9.84 Å². The summed E-state index contributed by atoms with van der Waals surface area (Å²) >= 11 is 0. The number of hydrogen-bond donors (Lipinski definition) is 1. The van der Waals surface area contributed by atoms with Crippen molar-refractivity contribution < 1.29 is 9.84 Å². The van der Waals surface area contributed by atoms with Crippen molar-refractivity contribution in [3.05, 3.63) is 23.8 Å². The van der Waals surface area contributed by atoms with E-state index >= 15 is 0 Å². The predicted molar refractivity (Wildman–Crippen MR) is 204 cm³/mol. The summed E-state index contributed by atoms with van der Waals surface area (Å²) in [5.74, 6) is 4.31. The van der Waals surface area contributed by atoms with E-state index in [1.165, 1.54) is 148 Å². The molecule has 0 aromatic rings. The average Bonchev–Trinajstić information content (AvgIpc) is 3.40. The van der Waals surface area contributed by atoms with E-state index in [0.29, 0.717) is 29.3 Å². The zero-order valence-electron chi connectivity index (χ0n) is 32.4. The van der Waals surface area contributed by atoms with Gasteiger partial charge in [0.1, 0.15) is 0 Å². The van der Waals surface area contributed by atoms with Crippen molar-refractivity contribution in [1.29, 1.82) is 0 Å². The molecule has 0 aromatic carbocycles. The Bertz CT molecular complexity index is 934. The van der Waals surface area contributed by atoms with Crippen molar-refractivity contribution in [1.82, 2.24) is 0 Å². The highest BCUT2D eigenvalue weighted by atomic mass is 16.5. The number of fused-ring (bicyclic) bond motifs is 5. The molecule has 9 atom stereocenters. The Balaban J connectivity index is 1.12. The van der Waals surface area contributed by atoms with Crippen LogP contribution in [-0.4, -0.2) is 23.9 Å². The molecule has 4 aliphatic rings. The number of rotatable bonds is 22. The molecule has 2 nitrogen and oxygen atoms in total. The van der Waals surface area contributed by atoms with E-state index in [4.69, 9.17) is 4.74 Å². The van der Waals surface area contributed by atoms with Crippen LogP contribution in [0.3, 0.4) is 0 Å². The van der Waals surface area contributed by atoms with Crippen LogP contribution in [0.15, 0.2) is 23.8 Å². The van der Waals surface area contributed by atoms with Gasteiger partial charge in [-0.1, -0.05) is 142 Å². The Morgan fingerprint density at radius 2 is 1.43 bits per heavy atom. The molecule has 272 valence electrons. The topological polar surface area (TPSA) is 29.5 Å². The van der Waals surface area contributed by atoms with Crippen LogP contribution in [0.1, 0.15) is 196 Å². The van der Waals surface area contributed by atoms with E-state index in [1.54, 1.807) is 5.57 Å². The van der Waals surface area contributed by atoms with Crippen LogP contribution < -0.4 is 0 Å². The maximum absolute atomic E-state index is 11.7. The van der Waals surface area contributed by atoms with Gasteiger partial charge in [-0.05, 0) is 123 Å². The summed E-state index contributed by atoms with van der Waals surface area (Å²) in [4.78, 5) is 0. The lowest BCUT2D eigenvalue weighted by Crippen LogP contribution is -2.55. The average molecular weight is 653 g/mol. The molecule has 0 saturated heterocycles. The second-order valence-electron chi connectivity index (χ2n) is 18.1. The minimum absolute atomic E-state index is 0.253. The standard InChI is InChI=1S/C45H80O2/c1-7-8-9-10-11-12-13-14-15-16-17-18-19-20-21-22-32-47-38-28-30-44(5)37(33-38)34-42(46)43-40-27-26-39(36(4)25-23-24-35(2)3)45(40,6)31-29-41(43)44/h14-15,34-36,38-43,46H,7-13,16-33H2,1-6H3/b15-14+/t36-,38+,39-,40+,41+,42+,43?,44+,45-/m1/s1. The zero-order valence-corrected chi connectivity index (χ0v) is 32.4. The smallest absolute Gasteiger partial charge is 0.0757 e. The third-order valence-corrected chi connectivity index (χ3v) is 14.3. The first-order valence-electron chi connectivity index (χ1n) is 21.4. The van der Waals surface area contributed by atoms with Gasteiger partial charge in [0.05, 0.1) is 12.2 Å². The first-order chi connectivity index (χ1) is 22.7. The summed E-state index contributed by atoms with van der Waals surface area (Å²) in [6.07, 6.45) is 39.3. The lowest BCUT2D eigenvalue weighted by Gasteiger charge is -2.59. The predicted octanol–water partition coefficient (Wildman–Crippen LogP) is 13.4. The lowest BCUT2D eigenvalue weighted by atomic mass is 9.46. The number of ether oxygens (including phenoxy) is 1. The van der Waals surface area contributed by atoms with Crippen LogP contribution >= 0.6 is 0 Å². The van der Waals surface area contributed by atoms with Crippen LogP contribution in [-0.2, 0) is 4.74 Å². The van der Waals surface area contributed by atoms with Crippen LogP contribution in [0.4, 0.5) is 0 Å². The Hall–Kier alpha value is -0.600. The second-order valence-corrected chi connectivity index (χ2v) is 18.1. The van der Waals surface area contributed by atoms with Gasteiger partial charge in [-0.15, -0.1) is 0 Å². The highest BCUT2D eigenvalue weighted by molar-refractivity contribution is 5.28. The minimum Gasteiger partial charge on any atom is -0.389 e. The fourth-order valence-electron chi connectivity index (χ4n) is 11.4. The first-order valence-corrected chi connectivity index (χ1v) is 21.4. The minimum atomic E-state index is -0.253. The molecule has 1 unspecified atom stereocenters. The Labute approximate surface area is 293 Å². The monoisotopic (exact) mass is 653 g/mol. The van der Waals surface area contributed by atoms with Crippen molar-refractivity contribution in [2.75, 3.05) is 6.61 Å². The van der Waals surface area contributed by atoms with Crippen molar-refractivity contribution in [2.24, 2.45) is 46.3 Å². The highest BCUT2D eigenvalue weighted by Gasteiger charge is 2.61. The summed E-state index contributed by atoms with van der Waals surface area (Å²) in [7, 11) is 0. The quantitative estimate of drug-likeness (QED) is 0.0931. The second kappa shape index (κ2) is 19.7. The molecule has 4 aliphatic carbocycles. The molecule has 2 heteroatoms. The molecule has 0 heterocycles. The van der Waals surface area contributed by atoms with E-state index < -0.39 is 0 Å². The number of hydrogen-bond acceptors (Lipinski definition) is 2. The molecule has 0 amide bonds. The molecule has 0 radical (unpaired) electrons. The van der Waals surface area contributed by atoms with Crippen molar-refractivity contribution >= 4 is 0 Å². The van der Waals surface area contributed by atoms with E-state index in [0.717, 1.165) is 30.8 Å². The van der Waals surface area contributed by atoms with Gasteiger partial charge in [-0.2, -0.15) is 0 Å². The van der Waals surface area contributed by atoms with E-state index in [9.17, 15) is 5.11 Å². The molecular weight excluding hydrogens is 572 g/mol.